The second-order valence-corrected chi connectivity index (χ2v) is 8.43. The predicted molar refractivity (Wildman–Crippen MR) is 103 cm³/mol. The number of nitrogens with zero attached hydrogens (tertiary/aromatic N) is 3. The topological polar surface area (TPSA) is 59.8 Å². The van der Waals surface area contributed by atoms with Crippen molar-refractivity contribution < 1.29 is 4.79 Å². The quantitative estimate of drug-likeness (QED) is 0.704. The molecule has 1 N–H and O–H groups in total. The summed E-state index contributed by atoms with van der Waals surface area (Å²) in [4.78, 5) is 13.2. The minimum absolute atomic E-state index is 0.0739. The van der Waals surface area contributed by atoms with Crippen molar-refractivity contribution in [1.82, 2.24) is 20.1 Å². The fourth-order valence-electron chi connectivity index (χ4n) is 3.25. The van der Waals surface area contributed by atoms with Crippen LogP contribution in [-0.2, 0) is 11.2 Å². The highest BCUT2D eigenvalue weighted by Gasteiger charge is 2.23. The lowest BCUT2D eigenvalue weighted by atomic mass is 9.95. The molecule has 136 valence electrons. The number of thiophene rings is 1. The average molecular weight is 379 g/mol. The third-order valence-corrected chi connectivity index (χ3v) is 6.31. The molecule has 0 radical (unpaired) electrons. The van der Waals surface area contributed by atoms with Crippen molar-refractivity contribution in [1.29, 1.82) is 0 Å². The third kappa shape index (κ3) is 5.07. The molecule has 25 heavy (non-hydrogen) atoms. The highest BCUT2D eigenvalue weighted by molar-refractivity contribution is 7.99. The molecule has 3 rings (SSSR count). The number of thioether (sulfide) groups is 1. The van der Waals surface area contributed by atoms with E-state index >= 15 is 0 Å². The fraction of sp³-hybridized carbons (Fsp3) is 0.611. The Morgan fingerprint density at radius 3 is 2.92 bits per heavy atom. The summed E-state index contributed by atoms with van der Waals surface area (Å²) in [6, 6.07) is 4.70. The number of carbonyl (C=O) groups is 1. The Hall–Kier alpha value is -1.34. The molecule has 0 atom stereocenters. The van der Waals surface area contributed by atoms with Crippen molar-refractivity contribution in [3.8, 4) is 0 Å². The van der Waals surface area contributed by atoms with E-state index in [9.17, 15) is 4.79 Å². The summed E-state index contributed by atoms with van der Waals surface area (Å²) in [5.74, 6) is 1.51. The zero-order valence-electron chi connectivity index (χ0n) is 14.7. The number of hydrogen-bond donors (Lipinski definition) is 1. The van der Waals surface area contributed by atoms with Crippen LogP contribution in [-0.4, -0.2) is 33.0 Å². The van der Waals surface area contributed by atoms with Gasteiger partial charge in [-0.2, -0.15) is 0 Å². The number of amides is 1. The summed E-state index contributed by atoms with van der Waals surface area (Å²) >= 11 is 3.27. The van der Waals surface area contributed by atoms with Crippen molar-refractivity contribution in [3.05, 3.63) is 28.2 Å². The number of rotatable bonds is 8. The van der Waals surface area contributed by atoms with Crippen molar-refractivity contribution in [2.24, 2.45) is 0 Å². The van der Waals surface area contributed by atoms with Gasteiger partial charge in [-0.15, -0.1) is 21.5 Å². The number of aromatic nitrogens is 3. The van der Waals surface area contributed by atoms with E-state index < -0.39 is 0 Å². The lowest BCUT2D eigenvalue weighted by Crippen LogP contribution is -2.26. The van der Waals surface area contributed by atoms with E-state index in [1.54, 1.807) is 11.3 Å². The van der Waals surface area contributed by atoms with E-state index in [1.807, 2.05) is 0 Å². The van der Waals surface area contributed by atoms with Crippen LogP contribution in [0.3, 0.4) is 0 Å². The fourth-order valence-corrected chi connectivity index (χ4v) is 4.80. The molecule has 2 heterocycles. The van der Waals surface area contributed by atoms with Crippen molar-refractivity contribution in [2.75, 3.05) is 12.3 Å². The molecule has 2 aromatic rings. The first-order valence-corrected chi connectivity index (χ1v) is 11.0. The van der Waals surface area contributed by atoms with E-state index in [-0.39, 0.29) is 5.91 Å². The second-order valence-electron chi connectivity index (χ2n) is 6.46. The zero-order chi connectivity index (χ0) is 17.5. The zero-order valence-corrected chi connectivity index (χ0v) is 16.4. The van der Waals surface area contributed by atoms with Gasteiger partial charge in [-0.1, -0.05) is 44.0 Å². The molecule has 0 spiro atoms. The largest absolute Gasteiger partial charge is 0.355 e. The lowest BCUT2D eigenvalue weighted by Gasteiger charge is -2.25. The Balaban J connectivity index is 1.74. The van der Waals surface area contributed by atoms with Crippen LogP contribution < -0.4 is 5.32 Å². The Bertz CT molecular complexity index is 663. The monoisotopic (exact) mass is 378 g/mol. The maximum Gasteiger partial charge on any atom is 0.230 e. The van der Waals surface area contributed by atoms with Crippen LogP contribution in [0, 0.1) is 0 Å². The summed E-state index contributed by atoms with van der Waals surface area (Å²) in [5.41, 5.74) is 0. The number of carbonyl (C=O) groups excluding carboxylic acids is 1. The van der Waals surface area contributed by atoms with Gasteiger partial charge in [0.1, 0.15) is 5.82 Å². The van der Waals surface area contributed by atoms with Crippen LogP contribution in [0.15, 0.2) is 22.7 Å². The van der Waals surface area contributed by atoms with Crippen LogP contribution in [0.25, 0.3) is 0 Å². The summed E-state index contributed by atoms with van der Waals surface area (Å²) in [6.07, 6.45) is 8.01. The van der Waals surface area contributed by atoms with E-state index in [2.05, 4.69) is 44.5 Å². The van der Waals surface area contributed by atoms with E-state index in [1.165, 1.54) is 48.7 Å². The molecule has 0 aromatic carbocycles. The van der Waals surface area contributed by atoms with Gasteiger partial charge in [0.05, 0.1) is 5.75 Å². The highest BCUT2D eigenvalue weighted by Crippen LogP contribution is 2.33. The second kappa shape index (κ2) is 9.38. The van der Waals surface area contributed by atoms with Crippen molar-refractivity contribution in [3.63, 3.8) is 0 Å². The summed E-state index contributed by atoms with van der Waals surface area (Å²) in [5, 5.41) is 14.8. The first-order chi connectivity index (χ1) is 12.3. The molecule has 0 aliphatic heterocycles. The Labute approximate surface area is 157 Å². The average Bonchev–Trinajstić information content (AvgIpc) is 3.29. The standard InChI is InChI=1S/C18H26N4OS2/c1-2-10-19-17(23)13-25-18-21-20-16(12-15-9-6-11-24-15)22(18)14-7-4-3-5-8-14/h6,9,11,14H,2-5,7-8,10,12-13H2,1H3,(H,19,23). The maximum atomic E-state index is 11.9. The lowest BCUT2D eigenvalue weighted by molar-refractivity contribution is -0.118. The summed E-state index contributed by atoms with van der Waals surface area (Å²) in [6.45, 7) is 2.79. The van der Waals surface area contributed by atoms with Crippen LogP contribution >= 0.6 is 23.1 Å². The van der Waals surface area contributed by atoms with Gasteiger partial charge < -0.3 is 9.88 Å². The molecule has 1 aliphatic carbocycles. The minimum atomic E-state index is 0.0739. The highest BCUT2D eigenvalue weighted by atomic mass is 32.2. The Kier molecular flexibility index (Phi) is 6.93. The molecule has 0 saturated heterocycles. The van der Waals surface area contributed by atoms with Crippen LogP contribution in [0.1, 0.15) is 62.2 Å². The molecule has 5 nitrogen and oxygen atoms in total. The predicted octanol–water partition coefficient (Wildman–Crippen LogP) is 4.05. The van der Waals surface area contributed by atoms with Crippen LogP contribution in [0.5, 0.6) is 0 Å². The van der Waals surface area contributed by atoms with Crippen LogP contribution in [0.4, 0.5) is 0 Å². The van der Waals surface area contributed by atoms with Gasteiger partial charge >= 0.3 is 0 Å². The smallest absolute Gasteiger partial charge is 0.230 e. The number of nitrogens with one attached hydrogen (secondary N) is 1. The SMILES string of the molecule is CCCNC(=O)CSc1nnc(Cc2cccs2)n1C1CCCCC1. The molecule has 1 aliphatic rings. The summed E-state index contributed by atoms with van der Waals surface area (Å²) in [7, 11) is 0. The molecule has 0 unspecified atom stereocenters. The van der Waals surface area contributed by atoms with Gasteiger partial charge in [0.25, 0.3) is 0 Å². The maximum absolute atomic E-state index is 11.9. The van der Waals surface area contributed by atoms with E-state index in [0.717, 1.165) is 30.4 Å². The third-order valence-electron chi connectivity index (χ3n) is 4.49. The summed E-state index contributed by atoms with van der Waals surface area (Å²) < 4.78 is 2.32. The van der Waals surface area contributed by atoms with Crippen molar-refractivity contribution >= 4 is 29.0 Å². The first kappa shape index (κ1) is 18.5. The van der Waals surface area contributed by atoms with Gasteiger partial charge in [-0.3, -0.25) is 4.79 Å². The molecule has 2 aromatic heterocycles. The van der Waals surface area contributed by atoms with Crippen LogP contribution in [0.2, 0.25) is 0 Å². The molecular weight excluding hydrogens is 352 g/mol. The van der Waals surface area contributed by atoms with Gasteiger partial charge in [0.2, 0.25) is 5.91 Å². The normalized spacial score (nSPS) is 15.4. The Morgan fingerprint density at radius 1 is 1.36 bits per heavy atom. The minimum Gasteiger partial charge on any atom is -0.355 e. The van der Waals surface area contributed by atoms with Gasteiger partial charge in [-0.25, -0.2) is 0 Å². The Morgan fingerprint density at radius 2 is 2.20 bits per heavy atom. The molecule has 0 bridgehead atoms. The molecule has 1 fully saturated rings. The molecule has 7 heteroatoms. The van der Waals surface area contributed by atoms with Gasteiger partial charge in [0, 0.05) is 23.9 Å². The van der Waals surface area contributed by atoms with E-state index in [4.69, 9.17) is 0 Å². The molecule has 1 amide bonds. The van der Waals surface area contributed by atoms with Crippen molar-refractivity contribution in [2.45, 2.75) is 63.1 Å². The first-order valence-electron chi connectivity index (χ1n) is 9.13. The van der Waals surface area contributed by atoms with Gasteiger partial charge in [0.15, 0.2) is 5.16 Å². The molecule has 1 saturated carbocycles. The molecular formula is C18H26N4OS2. The van der Waals surface area contributed by atoms with Gasteiger partial charge in [-0.05, 0) is 30.7 Å². The number of hydrogen-bond acceptors (Lipinski definition) is 5. The van der Waals surface area contributed by atoms with E-state index in [0.29, 0.717) is 11.8 Å².